The maximum Gasteiger partial charge on any atom is 0.0594 e. The van der Waals surface area contributed by atoms with E-state index in [0.29, 0.717) is 0 Å². The summed E-state index contributed by atoms with van der Waals surface area (Å²) in [7, 11) is 0. The molecule has 2 aliphatic rings. The van der Waals surface area contributed by atoms with E-state index >= 15 is 0 Å². The molecule has 0 bridgehead atoms. The molecule has 3 heteroatoms. The summed E-state index contributed by atoms with van der Waals surface area (Å²) in [6.45, 7) is 10.2. The zero-order valence-corrected chi connectivity index (χ0v) is 11.3. The van der Waals surface area contributed by atoms with E-state index in [1.807, 2.05) is 0 Å². The van der Waals surface area contributed by atoms with Gasteiger partial charge in [-0.2, -0.15) is 0 Å². The highest BCUT2D eigenvalue weighted by atomic mass is 16.5. The molecule has 2 rings (SSSR count). The number of rotatable bonds is 6. The van der Waals surface area contributed by atoms with Gasteiger partial charge in [-0.1, -0.05) is 19.8 Å². The van der Waals surface area contributed by atoms with Crippen LogP contribution < -0.4 is 5.32 Å². The summed E-state index contributed by atoms with van der Waals surface area (Å²) >= 11 is 0. The Bertz CT molecular complexity index is 204. The first-order valence-corrected chi connectivity index (χ1v) is 7.37. The Kier molecular flexibility index (Phi) is 5.75. The van der Waals surface area contributed by atoms with Crippen molar-refractivity contribution in [3.05, 3.63) is 0 Å². The molecule has 0 aromatic rings. The Morgan fingerprint density at radius 1 is 1.24 bits per heavy atom. The third-order valence-corrected chi connectivity index (χ3v) is 4.38. The average molecular weight is 240 g/mol. The van der Waals surface area contributed by atoms with Gasteiger partial charge in [-0.05, 0) is 44.3 Å². The lowest BCUT2D eigenvalue weighted by Crippen LogP contribution is -2.38. The minimum atomic E-state index is 0.924. The lowest BCUT2D eigenvalue weighted by atomic mass is 9.98. The molecule has 1 N–H and O–H groups in total. The van der Waals surface area contributed by atoms with Gasteiger partial charge in [-0.25, -0.2) is 0 Å². The zero-order chi connectivity index (χ0) is 11.9. The maximum absolute atomic E-state index is 5.35. The molecular formula is C14H28N2O. The molecule has 1 aliphatic carbocycles. The number of nitrogens with zero attached hydrogens (tertiary/aromatic N) is 1. The van der Waals surface area contributed by atoms with Crippen molar-refractivity contribution in [1.82, 2.24) is 10.2 Å². The maximum atomic E-state index is 5.35. The molecule has 0 aromatic heterocycles. The van der Waals surface area contributed by atoms with Crippen LogP contribution in [0, 0.1) is 11.8 Å². The fraction of sp³-hybridized carbons (Fsp3) is 1.00. The van der Waals surface area contributed by atoms with Gasteiger partial charge in [0.25, 0.3) is 0 Å². The van der Waals surface area contributed by atoms with Gasteiger partial charge >= 0.3 is 0 Å². The average Bonchev–Trinajstić information content (AvgIpc) is 2.76. The van der Waals surface area contributed by atoms with Gasteiger partial charge in [0.2, 0.25) is 0 Å². The Labute approximate surface area is 106 Å². The molecule has 100 valence electrons. The molecule has 1 heterocycles. The van der Waals surface area contributed by atoms with Crippen LogP contribution >= 0.6 is 0 Å². The van der Waals surface area contributed by atoms with Gasteiger partial charge in [0.1, 0.15) is 0 Å². The molecule has 0 amide bonds. The lowest BCUT2D eigenvalue weighted by molar-refractivity contribution is 0.0374. The second kappa shape index (κ2) is 7.34. The number of ether oxygens (including phenoxy) is 1. The van der Waals surface area contributed by atoms with E-state index in [-0.39, 0.29) is 0 Å². The van der Waals surface area contributed by atoms with Crippen LogP contribution in [0.1, 0.15) is 32.6 Å². The first-order chi connectivity index (χ1) is 8.36. The Balaban J connectivity index is 1.45. The fourth-order valence-corrected chi connectivity index (χ4v) is 3.07. The molecule has 2 unspecified atom stereocenters. The van der Waals surface area contributed by atoms with Gasteiger partial charge < -0.3 is 10.1 Å². The van der Waals surface area contributed by atoms with Crippen LogP contribution in [0.2, 0.25) is 0 Å². The first kappa shape index (κ1) is 13.3. The van der Waals surface area contributed by atoms with Crippen LogP contribution in [0.3, 0.4) is 0 Å². The predicted molar refractivity (Wildman–Crippen MR) is 71.3 cm³/mol. The Morgan fingerprint density at radius 3 is 2.76 bits per heavy atom. The normalized spacial score (nSPS) is 30.9. The molecule has 1 aliphatic heterocycles. The van der Waals surface area contributed by atoms with Crippen molar-refractivity contribution in [2.75, 3.05) is 45.9 Å². The molecule has 2 atom stereocenters. The SMILES string of the molecule is CC1CCCC1CNCCCN1CCOCC1. The molecular weight excluding hydrogens is 212 g/mol. The minimum absolute atomic E-state index is 0.924. The number of hydrogen-bond donors (Lipinski definition) is 1. The van der Waals surface area contributed by atoms with Crippen molar-refractivity contribution in [3.8, 4) is 0 Å². The van der Waals surface area contributed by atoms with Gasteiger partial charge in [0, 0.05) is 13.1 Å². The quantitative estimate of drug-likeness (QED) is 0.716. The van der Waals surface area contributed by atoms with Gasteiger partial charge in [0.15, 0.2) is 0 Å². The summed E-state index contributed by atoms with van der Waals surface area (Å²) in [5.74, 6) is 1.89. The van der Waals surface area contributed by atoms with Crippen molar-refractivity contribution in [1.29, 1.82) is 0 Å². The highest BCUT2D eigenvalue weighted by Crippen LogP contribution is 2.30. The van der Waals surface area contributed by atoms with Crippen LogP contribution in [0.15, 0.2) is 0 Å². The van der Waals surface area contributed by atoms with E-state index < -0.39 is 0 Å². The lowest BCUT2D eigenvalue weighted by Gasteiger charge is -2.26. The van der Waals surface area contributed by atoms with Crippen molar-refractivity contribution in [2.45, 2.75) is 32.6 Å². The molecule has 2 fully saturated rings. The zero-order valence-electron chi connectivity index (χ0n) is 11.3. The standard InChI is InChI=1S/C14H28N2O/c1-13-4-2-5-14(13)12-15-6-3-7-16-8-10-17-11-9-16/h13-15H,2-12H2,1H3. The summed E-state index contributed by atoms with van der Waals surface area (Å²) in [6, 6.07) is 0. The Morgan fingerprint density at radius 2 is 2.06 bits per heavy atom. The number of nitrogens with one attached hydrogen (secondary N) is 1. The molecule has 0 aromatic carbocycles. The topological polar surface area (TPSA) is 24.5 Å². The molecule has 1 saturated carbocycles. The van der Waals surface area contributed by atoms with E-state index in [0.717, 1.165) is 38.1 Å². The summed E-state index contributed by atoms with van der Waals surface area (Å²) < 4.78 is 5.35. The van der Waals surface area contributed by atoms with Crippen LogP contribution in [-0.2, 0) is 4.74 Å². The molecule has 3 nitrogen and oxygen atoms in total. The van der Waals surface area contributed by atoms with Crippen molar-refractivity contribution >= 4 is 0 Å². The van der Waals surface area contributed by atoms with Crippen molar-refractivity contribution < 1.29 is 4.74 Å². The van der Waals surface area contributed by atoms with Crippen LogP contribution in [0.25, 0.3) is 0 Å². The fourth-order valence-electron chi connectivity index (χ4n) is 3.07. The van der Waals surface area contributed by atoms with E-state index in [1.54, 1.807) is 0 Å². The monoisotopic (exact) mass is 240 g/mol. The van der Waals surface area contributed by atoms with Crippen LogP contribution in [0.5, 0.6) is 0 Å². The van der Waals surface area contributed by atoms with Crippen LogP contribution in [0.4, 0.5) is 0 Å². The predicted octanol–water partition coefficient (Wildman–Crippen LogP) is 1.73. The first-order valence-electron chi connectivity index (χ1n) is 7.37. The second-order valence-electron chi connectivity index (χ2n) is 5.68. The molecule has 0 radical (unpaired) electrons. The highest BCUT2D eigenvalue weighted by Gasteiger charge is 2.22. The van der Waals surface area contributed by atoms with Crippen molar-refractivity contribution in [3.63, 3.8) is 0 Å². The van der Waals surface area contributed by atoms with Crippen LogP contribution in [-0.4, -0.2) is 50.8 Å². The van der Waals surface area contributed by atoms with Crippen molar-refractivity contribution in [2.24, 2.45) is 11.8 Å². The summed E-state index contributed by atoms with van der Waals surface area (Å²) in [4.78, 5) is 2.52. The highest BCUT2D eigenvalue weighted by molar-refractivity contribution is 4.76. The van der Waals surface area contributed by atoms with Gasteiger partial charge in [-0.15, -0.1) is 0 Å². The smallest absolute Gasteiger partial charge is 0.0594 e. The summed E-state index contributed by atoms with van der Waals surface area (Å²) in [5, 5.41) is 3.64. The molecule has 0 spiro atoms. The number of hydrogen-bond acceptors (Lipinski definition) is 3. The largest absolute Gasteiger partial charge is 0.379 e. The minimum Gasteiger partial charge on any atom is -0.379 e. The van der Waals surface area contributed by atoms with E-state index in [1.165, 1.54) is 45.3 Å². The van der Waals surface area contributed by atoms with E-state index in [9.17, 15) is 0 Å². The van der Waals surface area contributed by atoms with E-state index in [2.05, 4.69) is 17.1 Å². The third-order valence-electron chi connectivity index (χ3n) is 4.38. The van der Waals surface area contributed by atoms with Gasteiger partial charge in [-0.3, -0.25) is 4.90 Å². The van der Waals surface area contributed by atoms with E-state index in [4.69, 9.17) is 4.74 Å². The number of morpholine rings is 1. The molecule has 1 saturated heterocycles. The second-order valence-corrected chi connectivity index (χ2v) is 5.68. The summed E-state index contributed by atoms with van der Waals surface area (Å²) in [6.07, 6.45) is 5.61. The third kappa shape index (κ3) is 4.57. The van der Waals surface area contributed by atoms with Gasteiger partial charge in [0.05, 0.1) is 13.2 Å². The Hall–Kier alpha value is -0.120. The summed E-state index contributed by atoms with van der Waals surface area (Å²) in [5.41, 5.74) is 0. The molecule has 17 heavy (non-hydrogen) atoms.